The second-order valence-corrected chi connectivity index (χ2v) is 5.35. The number of benzene rings is 2. The number of aromatic nitrogens is 2. The van der Waals surface area contributed by atoms with Crippen LogP contribution >= 0.6 is 0 Å². The molecule has 0 unspecified atom stereocenters. The quantitative estimate of drug-likeness (QED) is 0.469. The molecule has 2 heterocycles. The van der Waals surface area contributed by atoms with Crippen molar-refractivity contribution in [2.45, 2.75) is 13.8 Å². The number of H-pyrrole nitrogens is 1. The molecule has 0 amide bonds. The van der Waals surface area contributed by atoms with E-state index in [9.17, 15) is 0 Å². The first-order valence-corrected chi connectivity index (χ1v) is 6.70. The van der Waals surface area contributed by atoms with E-state index in [4.69, 9.17) is 5.73 Å². The van der Waals surface area contributed by atoms with Gasteiger partial charge in [-0.3, -0.25) is 4.98 Å². The Morgan fingerprint density at radius 1 is 1.00 bits per heavy atom. The Morgan fingerprint density at radius 3 is 2.70 bits per heavy atom. The minimum absolute atomic E-state index is 0.793. The summed E-state index contributed by atoms with van der Waals surface area (Å²) in [6.07, 6.45) is 3.80. The zero-order valence-corrected chi connectivity index (χ0v) is 11.5. The third-order valence-electron chi connectivity index (χ3n) is 4.20. The van der Waals surface area contributed by atoms with Gasteiger partial charge in [-0.05, 0) is 54.6 Å². The molecule has 0 bridgehead atoms. The molecule has 3 heteroatoms. The normalized spacial score (nSPS) is 11.7. The largest absolute Gasteiger partial charge is 0.399 e. The number of hydrogen-bond acceptors (Lipinski definition) is 2. The lowest BCUT2D eigenvalue weighted by molar-refractivity contribution is 1.35. The summed E-state index contributed by atoms with van der Waals surface area (Å²) < 4.78 is 0. The highest BCUT2D eigenvalue weighted by Crippen LogP contribution is 2.36. The van der Waals surface area contributed by atoms with E-state index in [1.807, 2.05) is 30.6 Å². The Morgan fingerprint density at radius 2 is 1.85 bits per heavy atom. The van der Waals surface area contributed by atoms with Crippen LogP contribution < -0.4 is 5.73 Å². The van der Waals surface area contributed by atoms with Gasteiger partial charge in [-0.25, -0.2) is 0 Å². The summed E-state index contributed by atoms with van der Waals surface area (Å²) in [5.74, 6) is 0. The van der Waals surface area contributed by atoms with Crippen molar-refractivity contribution < 1.29 is 0 Å². The first kappa shape index (κ1) is 11.3. The van der Waals surface area contributed by atoms with E-state index in [1.165, 1.54) is 38.2 Å². The predicted octanol–water partition coefficient (Wildman–Crippen LogP) is 4.07. The second-order valence-electron chi connectivity index (χ2n) is 5.35. The molecule has 0 aliphatic heterocycles. The van der Waals surface area contributed by atoms with Gasteiger partial charge in [0.25, 0.3) is 0 Å². The van der Waals surface area contributed by atoms with Crippen LogP contribution in [-0.4, -0.2) is 9.97 Å². The molecule has 0 aliphatic carbocycles. The van der Waals surface area contributed by atoms with Crippen LogP contribution in [0, 0.1) is 13.8 Å². The fourth-order valence-electron chi connectivity index (χ4n) is 3.17. The molecule has 0 aliphatic rings. The van der Waals surface area contributed by atoms with Gasteiger partial charge in [0.2, 0.25) is 0 Å². The third kappa shape index (κ3) is 1.32. The fourth-order valence-corrected chi connectivity index (χ4v) is 3.17. The highest BCUT2D eigenvalue weighted by atomic mass is 14.7. The number of hydrogen-bond donors (Lipinski definition) is 2. The minimum atomic E-state index is 0.793. The summed E-state index contributed by atoms with van der Waals surface area (Å²) in [6.45, 7) is 4.31. The number of aryl methyl sites for hydroxylation is 2. The van der Waals surface area contributed by atoms with Gasteiger partial charge in [0, 0.05) is 39.8 Å². The van der Waals surface area contributed by atoms with E-state index in [2.05, 4.69) is 29.9 Å². The van der Waals surface area contributed by atoms with E-state index in [1.54, 1.807) is 0 Å². The maximum Gasteiger partial charge on any atom is 0.0503 e. The van der Waals surface area contributed by atoms with Crippen molar-refractivity contribution in [3.63, 3.8) is 0 Å². The molecule has 0 saturated heterocycles. The van der Waals surface area contributed by atoms with Gasteiger partial charge in [0.05, 0.1) is 5.52 Å². The topological polar surface area (TPSA) is 54.7 Å². The zero-order chi connectivity index (χ0) is 13.9. The molecule has 0 atom stereocenters. The lowest BCUT2D eigenvalue weighted by Gasteiger charge is -2.08. The number of pyridine rings is 1. The number of aromatic amines is 1. The Labute approximate surface area is 116 Å². The SMILES string of the molecule is Cc1c2ccncc2c(C)c2c1[nH]c1ccc(N)cc12. The Kier molecular flexibility index (Phi) is 2.11. The molecule has 4 rings (SSSR count). The first-order chi connectivity index (χ1) is 9.66. The van der Waals surface area contributed by atoms with Gasteiger partial charge in [0.15, 0.2) is 0 Å². The van der Waals surface area contributed by atoms with Crippen molar-refractivity contribution in [2.75, 3.05) is 5.73 Å². The van der Waals surface area contributed by atoms with Crippen LogP contribution in [0.5, 0.6) is 0 Å². The van der Waals surface area contributed by atoms with E-state index in [-0.39, 0.29) is 0 Å². The number of nitrogens with two attached hydrogens (primary N) is 1. The minimum Gasteiger partial charge on any atom is -0.399 e. The lowest BCUT2D eigenvalue weighted by Crippen LogP contribution is -1.87. The van der Waals surface area contributed by atoms with Crippen molar-refractivity contribution in [3.8, 4) is 0 Å². The monoisotopic (exact) mass is 261 g/mol. The maximum atomic E-state index is 5.95. The molecule has 0 fully saturated rings. The predicted molar refractivity (Wildman–Crippen MR) is 85.0 cm³/mol. The fraction of sp³-hybridized carbons (Fsp3) is 0.118. The van der Waals surface area contributed by atoms with Crippen molar-refractivity contribution in [2.24, 2.45) is 0 Å². The number of nitrogens with one attached hydrogen (secondary N) is 1. The summed E-state index contributed by atoms with van der Waals surface area (Å²) >= 11 is 0. The van der Waals surface area contributed by atoms with Gasteiger partial charge >= 0.3 is 0 Å². The summed E-state index contributed by atoms with van der Waals surface area (Å²) in [5.41, 5.74) is 11.6. The highest BCUT2D eigenvalue weighted by Gasteiger charge is 2.13. The van der Waals surface area contributed by atoms with Crippen LogP contribution in [-0.2, 0) is 0 Å². The zero-order valence-electron chi connectivity index (χ0n) is 11.5. The molecular formula is C17H15N3. The lowest BCUT2D eigenvalue weighted by atomic mass is 9.97. The summed E-state index contributed by atoms with van der Waals surface area (Å²) in [6, 6.07) is 8.11. The average molecular weight is 261 g/mol. The standard InChI is InChI=1S/C17H15N3/c1-9-14-8-19-6-5-12(14)10(2)17-16(9)13-7-11(18)3-4-15(13)20-17/h3-8,20H,18H2,1-2H3. The van der Waals surface area contributed by atoms with Crippen LogP contribution in [0.2, 0.25) is 0 Å². The van der Waals surface area contributed by atoms with Gasteiger partial charge in [-0.15, -0.1) is 0 Å². The van der Waals surface area contributed by atoms with Crippen molar-refractivity contribution in [1.29, 1.82) is 0 Å². The van der Waals surface area contributed by atoms with Crippen LogP contribution in [0.4, 0.5) is 5.69 Å². The van der Waals surface area contributed by atoms with Crippen LogP contribution in [0.3, 0.4) is 0 Å². The van der Waals surface area contributed by atoms with Crippen LogP contribution in [0.1, 0.15) is 11.1 Å². The Bertz CT molecular complexity index is 980. The molecule has 2 aromatic carbocycles. The highest BCUT2D eigenvalue weighted by molar-refractivity contribution is 6.16. The molecule has 0 radical (unpaired) electrons. The molecule has 3 N–H and O–H groups in total. The summed E-state index contributed by atoms with van der Waals surface area (Å²) in [4.78, 5) is 7.80. The van der Waals surface area contributed by atoms with Crippen LogP contribution in [0.25, 0.3) is 32.6 Å². The molecule has 4 aromatic rings. The van der Waals surface area contributed by atoms with E-state index in [0.29, 0.717) is 0 Å². The molecule has 2 aromatic heterocycles. The van der Waals surface area contributed by atoms with Crippen LogP contribution in [0.15, 0.2) is 36.7 Å². The van der Waals surface area contributed by atoms with Crippen molar-refractivity contribution in [3.05, 3.63) is 47.8 Å². The van der Waals surface area contributed by atoms with Crippen molar-refractivity contribution in [1.82, 2.24) is 9.97 Å². The molecule has 20 heavy (non-hydrogen) atoms. The number of nitrogens with zero attached hydrogens (tertiary/aromatic N) is 1. The van der Waals surface area contributed by atoms with E-state index >= 15 is 0 Å². The molecule has 0 saturated carbocycles. The maximum absolute atomic E-state index is 5.95. The number of anilines is 1. The Hall–Kier alpha value is -2.55. The smallest absolute Gasteiger partial charge is 0.0503 e. The third-order valence-corrected chi connectivity index (χ3v) is 4.20. The molecule has 0 spiro atoms. The molecule has 98 valence electrons. The van der Waals surface area contributed by atoms with Gasteiger partial charge in [0.1, 0.15) is 0 Å². The number of nitrogen functional groups attached to an aromatic ring is 1. The summed E-state index contributed by atoms with van der Waals surface area (Å²) in [7, 11) is 0. The Balaban J connectivity index is 2.36. The van der Waals surface area contributed by atoms with Gasteiger partial charge in [-0.1, -0.05) is 0 Å². The van der Waals surface area contributed by atoms with Crippen molar-refractivity contribution >= 4 is 38.3 Å². The summed E-state index contributed by atoms with van der Waals surface area (Å²) in [5, 5.41) is 4.90. The van der Waals surface area contributed by atoms with E-state index < -0.39 is 0 Å². The van der Waals surface area contributed by atoms with E-state index in [0.717, 1.165) is 11.2 Å². The molecular weight excluding hydrogens is 246 g/mol. The average Bonchev–Trinajstić information content (AvgIpc) is 2.84. The van der Waals surface area contributed by atoms with Gasteiger partial charge < -0.3 is 10.7 Å². The first-order valence-electron chi connectivity index (χ1n) is 6.70. The molecule has 3 nitrogen and oxygen atoms in total. The number of fused-ring (bicyclic) bond motifs is 4. The van der Waals surface area contributed by atoms with Gasteiger partial charge in [-0.2, -0.15) is 0 Å². The number of rotatable bonds is 0. The second kappa shape index (κ2) is 3.73.